The Kier molecular flexibility index (Phi) is 3.59. The van der Waals surface area contributed by atoms with Crippen LogP contribution in [0.15, 0.2) is 51.1 Å². The normalized spacial score (nSPS) is 18.9. The number of sulfone groups is 1. The molecule has 2 aromatic rings. The number of hydrazone groups is 1. The Morgan fingerprint density at radius 3 is 2.52 bits per heavy atom. The first-order valence-electron chi connectivity index (χ1n) is 6.58. The Labute approximate surface area is 128 Å². The molecule has 0 unspecified atom stereocenters. The van der Waals surface area contributed by atoms with Crippen LogP contribution in [-0.2, 0) is 9.84 Å². The molecule has 0 saturated carbocycles. The molecule has 110 valence electrons. The molecule has 0 bridgehead atoms. The number of rotatable bonds is 3. The molecular formula is C15H16N2O2S2. The van der Waals surface area contributed by atoms with Crippen LogP contribution in [0.5, 0.6) is 0 Å². The minimum atomic E-state index is -3.15. The van der Waals surface area contributed by atoms with E-state index in [0.717, 1.165) is 17.7 Å². The Hall–Kier alpha value is -1.66. The van der Waals surface area contributed by atoms with Crippen LogP contribution < -0.4 is 0 Å². The molecule has 0 spiro atoms. The summed E-state index contributed by atoms with van der Waals surface area (Å²) in [5, 5.41) is 10.8. The van der Waals surface area contributed by atoms with Gasteiger partial charge in [0, 0.05) is 19.7 Å². The summed E-state index contributed by atoms with van der Waals surface area (Å²) in [5.74, 6) is 0. The maximum Gasteiger partial charge on any atom is 0.175 e. The van der Waals surface area contributed by atoms with Crippen LogP contribution in [0.25, 0.3) is 0 Å². The van der Waals surface area contributed by atoms with Crippen molar-refractivity contribution < 1.29 is 8.42 Å². The maximum absolute atomic E-state index is 11.5. The van der Waals surface area contributed by atoms with E-state index in [0.29, 0.717) is 4.90 Å². The predicted octanol–water partition coefficient (Wildman–Crippen LogP) is 2.93. The third-order valence-electron chi connectivity index (χ3n) is 3.66. The number of hydrogen-bond acceptors (Lipinski definition) is 5. The molecule has 6 heteroatoms. The highest BCUT2D eigenvalue weighted by Crippen LogP contribution is 2.32. The van der Waals surface area contributed by atoms with Gasteiger partial charge in [0.25, 0.3) is 0 Å². The molecule has 0 radical (unpaired) electrons. The van der Waals surface area contributed by atoms with Gasteiger partial charge in [-0.1, -0.05) is 12.1 Å². The number of hydrogen-bond donors (Lipinski definition) is 0. The summed E-state index contributed by atoms with van der Waals surface area (Å²) in [6, 6.07) is 9.34. The summed E-state index contributed by atoms with van der Waals surface area (Å²) in [6.45, 7) is 0. The summed E-state index contributed by atoms with van der Waals surface area (Å²) in [7, 11) is -1.18. The molecule has 1 atom stereocenters. The first-order valence-corrected chi connectivity index (χ1v) is 9.41. The van der Waals surface area contributed by atoms with E-state index in [2.05, 4.69) is 21.9 Å². The largest absolute Gasteiger partial charge is 0.292 e. The summed E-state index contributed by atoms with van der Waals surface area (Å²) in [6.07, 6.45) is 2.06. The van der Waals surface area contributed by atoms with Gasteiger partial charge in [-0.3, -0.25) is 5.01 Å². The van der Waals surface area contributed by atoms with E-state index in [1.165, 1.54) is 11.8 Å². The third-order valence-corrected chi connectivity index (χ3v) is 5.49. The van der Waals surface area contributed by atoms with Crippen LogP contribution in [0.2, 0.25) is 0 Å². The van der Waals surface area contributed by atoms with Crippen molar-refractivity contribution in [3.63, 3.8) is 0 Å². The molecule has 1 aromatic carbocycles. The number of benzene rings is 1. The van der Waals surface area contributed by atoms with Gasteiger partial charge >= 0.3 is 0 Å². The molecule has 0 aliphatic carbocycles. The van der Waals surface area contributed by atoms with Gasteiger partial charge in [-0.05, 0) is 40.1 Å². The number of thiophene rings is 1. The molecule has 3 rings (SSSR count). The van der Waals surface area contributed by atoms with Crippen LogP contribution in [-0.4, -0.2) is 32.4 Å². The molecule has 21 heavy (non-hydrogen) atoms. The Morgan fingerprint density at radius 2 is 1.95 bits per heavy atom. The molecule has 0 N–H and O–H groups in total. The second kappa shape index (κ2) is 5.27. The van der Waals surface area contributed by atoms with E-state index in [9.17, 15) is 8.42 Å². The van der Waals surface area contributed by atoms with E-state index in [1.54, 1.807) is 23.5 Å². The zero-order chi connectivity index (χ0) is 15.0. The molecule has 1 aliphatic heterocycles. The fourth-order valence-corrected chi connectivity index (χ4v) is 3.82. The smallest absolute Gasteiger partial charge is 0.175 e. The van der Waals surface area contributed by atoms with E-state index in [-0.39, 0.29) is 6.04 Å². The Bertz CT molecular complexity index is 763. The SMILES string of the molecule is CN1N=C(c2ccc(S(C)(=O)=O)cc2)C[C@@H]1c1ccsc1. The Morgan fingerprint density at radius 1 is 1.24 bits per heavy atom. The van der Waals surface area contributed by atoms with Crippen molar-refractivity contribution in [3.8, 4) is 0 Å². The van der Waals surface area contributed by atoms with Crippen molar-refractivity contribution in [2.45, 2.75) is 17.4 Å². The second-order valence-electron chi connectivity index (χ2n) is 5.19. The fourth-order valence-electron chi connectivity index (χ4n) is 2.48. The fraction of sp³-hybridized carbons (Fsp3) is 0.267. The highest BCUT2D eigenvalue weighted by molar-refractivity contribution is 7.90. The topological polar surface area (TPSA) is 49.7 Å². The van der Waals surface area contributed by atoms with Gasteiger partial charge in [0.1, 0.15) is 0 Å². The van der Waals surface area contributed by atoms with Crippen molar-refractivity contribution >= 4 is 26.9 Å². The summed E-state index contributed by atoms with van der Waals surface area (Å²) < 4.78 is 23.0. The van der Waals surface area contributed by atoms with Gasteiger partial charge in [-0.2, -0.15) is 16.4 Å². The first kappa shape index (κ1) is 14.3. The standard InChI is InChI=1S/C15H16N2O2S2/c1-17-15(12-7-8-20-10-12)9-14(16-17)11-3-5-13(6-4-11)21(2,18)19/h3-8,10,15H,9H2,1-2H3/t15-/m1/s1. The van der Waals surface area contributed by atoms with Crippen molar-refractivity contribution in [1.29, 1.82) is 0 Å². The van der Waals surface area contributed by atoms with E-state index in [1.807, 2.05) is 24.2 Å². The molecule has 4 nitrogen and oxygen atoms in total. The summed E-state index contributed by atoms with van der Waals surface area (Å²) in [4.78, 5) is 0.340. The van der Waals surface area contributed by atoms with Crippen molar-refractivity contribution in [3.05, 3.63) is 52.2 Å². The average Bonchev–Trinajstić information content (AvgIpc) is 3.07. The van der Waals surface area contributed by atoms with E-state index < -0.39 is 9.84 Å². The predicted molar refractivity (Wildman–Crippen MR) is 85.5 cm³/mol. The lowest BCUT2D eigenvalue weighted by atomic mass is 10.0. The van der Waals surface area contributed by atoms with Crippen LogP contribution in [0, 0.1) is 0 Å². The summed E-state index contributed by atoms with van der Waals surface area (Å²) in [5.41, 5.74) is 3.25. The molecular weight excluding hydrogens is 304 g/mol. The third kappa shape index (κ3) is 2.87. The molecule has 0 amide bonds. The molecule has 0 fully saturated rings. The van der Waals surface area contributed by atoms with Gasteiger partial charge in [-0.25, -0.2) is 8.42 Å². The van der Waals surface area contributed by atoms with Gasteiger partial charge < -0.3 is 0 Å². The molecule has 1 aromatic heterocycles. The second-order valence-corrected chi connectivity index (χ2v) is 7.99. The molecule has 2 heterocycles. The lowest BCUT2D eigenvalue weighted by Crippen LogP contribution is -2.12. The van der Waals surface area contributed by atoms with Gasteiger partial charge in [-0.15, -0.1) is 0 Å². The quantitative estimate of drug-likeness (QED) is 0.873. The number of nitrogens with zero attached hydrogens (tertiary/aromatic N) is 2. The lowest BCUT2D eigenvalue weighted by Gasteiger charge is -2.17. The monoisotopic (exact) mass is 320 g/mol. The van der Waals surface area contributed by atoms with Gasteiger partial charge in [0.2, 0.25) is 0 Å². The van der Waals surface area contributed by atoms with E-state index >= 15 is 0 Å². The molecule has 1 aliphatic rings. The zero-order valence-corrected chi connectivity index (χ0v) is 13.5. The van der Waals surface area contributed by atoms with Crippen molar-refractivity contribution in [2.24, 2.45) is 5.10 Å². The van der Waals surface area contributed by atoms with E-state index in [4.69, 9.17) is 0 Å². The highest BCUT2D eigenvalue weighted by atomic mass is 32.2. The van der Waals surface area contributed by atoms with Crippen molar-refractivity contribution in [2.75, 3.05) is 13.3 Å². The maximum atomic E-state index is 11.5. The van der Waals surface area contributed by atoms with Crippen LogP contribution in [0.4, 0.5) is 0 Å². The van der Waals surface area contributed by atoms with Gasteiger partial charge in [0.15, 0.2) is 9.84 Å². The summed E-state index contributed by atoms with van der Waals surface area (Å²) >= 11 is 1.69. The molecule has 0 saturated heterocycles. The Balaban J connectivity index is 1.84. The minimum absolute atomic E-state index is 0.265. The lowest BCUT2D eigenvalue weighted by molar-refractivity contribution is 0.290. The minimum Gasteiger partial charge on any atom is -0.292 e. The van der Waals surface area contributed by atoms with Crippen LogP contribution >= 0.6 is 11.3 Å². The first-order chi connectivity index (χ1) is 9.95. The van der Waals surface area contributed by atoms with Crippen molar-refractivity contribution in [1.82, 2.24) is 5.01 Å². The van der Waals surface area contributed by atoms with Gasteiger partial charge in [0.05, 0.1) is 16.6 Å². The van der Waals surface area contributed by atoms with Crippen LogP contribution in [0.3, 0.4) is 0 Å². The zero-order valence-electron chi connectivity index (χ0n) is 11.9. The highest BCUT2D eigenvalue weighted by Gasteiger charge is 2.26. The average molecular weight is 320 g/mol. The van der Waals surface area contributed by atoms with Crippen LogP contribution in [0.1, 0.15) is 23.6 Å².